The minimum absolute atomic E-state index is 0.161. The third kappa shape index (κ3) is 3.21. The zero-order chi connectivity index (χ0) is 21.7. The van der Waals surface area contributed by atoms with Crippen molar-refractivity contribution in [2.24, 2.45) is 0 Å². The molecule has 166 valence electrons. The van der Waals surface area contributed by atoms with Gasteiger partial charge in [-0.1, -0.05) is 19.3 Å². The molecule has 2 N–H and O–H groups in total. The van der Waals surface area contributed by atoms with Crippen LogP contribution < -0.4 is 10.5 Å². The molecule has 1 unspecified atom stereocenters. The second-order valence-corrected chi connectivity index (χ2v) is 9.17. The summed E-state index contributed by atoms with van der Waals surface area (Å²) in [6.07, 6.45) is 13.0. The van der Waals surface area contributed by atoms with Gasteiger partial charge in [-0.25, -0.2) is 9.97 Å². The maximum atomic E-state index is 12.7. The van der Waals surface area contributed by atoms with Crippen LogP contribution in [0.3, 0.4) is 0 Å². The van der Waals surface area contributed by atoms with E-state index in [4.69, 9.17) is 4.98 Å². The zero-order valence-electron chi connectivity index (χ0n) is 18.1. The first-order chi connectivity index (χ1) is 15.7. The number of anilines is 1. The molecule has 1 aliphatic carbocycles. The quantitative estimate of drug-likeness (QED) is 0.517. The molecule has 1 aromatic carbocycles. The van der Waals surface area contributed by atoms with Crippen LogP contribution in [-0.2, 0) is 0 Å². The molecule has 1 saturated carbocycles. The molecule has 2 aliphatic rings. The zero-order valence-corrected chi connectivity index (χ0v) is 18.1. The van der Waals surface area contributed by atoms with Crippen molar-refractivity contribution in [2.45, 2.75) is 57.1 Å². The highest BCUT2D eigenvalue weighted by Crippen LogP contribution is 2.33. The highest BCUT2D eigenvalue weighted by atomic mass is 16.3. The standard InChI is InChI=1S/C24H28N6O2/c31-18-7-4-10-28(12-18)21-13-29(23-22(21)24(32)26-14-25-23)17-8-9-20-19(11-17)27-15-30(20)16-5-2-1-3-6-16/h8-9,11,13-16,18,31H,1-7,10,12H2,(H,25,26,32). The van der Waals surface area contributed by atoms with Gasteiger partial charge in [0, 0.05) is 31.0 Å². The molecule has 8 nitrogen and oxygen atoms in total. The number of β-amino-alcohol motifs (C(OH)–C–C–N with tert-alkyl or cyclic N) is 1. The predicted molar refractivity (Wildman–Crippen MR) is 125 cm³/mol. The molecule has 1 atom stereocenters. The van der Waals surface area contributed by atoms with Gasteiger partial charge in [0.1, 0.15) is 5.39 Å². The molecular weight excluding hydrogens is 404 g/mol. The van der Waals surface area contributed by atoms with Crippen molar-refractivity contribution < 1.29 is 5.11 Å². The number of fused-ring (bicyclic) bond motifs is 2. The van der Waals surface area contributed by atoms with Gasteiger partial charge in [-0.2, -0.15) is 0 Å². The van der Waals surface area contributed by atoms with Crippen LogP contribution in [0.25, 0.3) is 27.8 Å². The van der Waals surface area contributed by atoms with E-state index in [-0.39, 0.29) is 11.7 Å². The van der Waals surface area contributed by atoms with Crippen molar-refractivity contribution in [2.75, 3.05) is 18.0 Å². The fourth-order valence-electron chi connectivity index (χ4n) is 5.48. The molecule has 4 heterocycles. The molecule has 0 bridgehead atoms. The Labute approximate surface area is 185 Å². The molecular formula is C24H28N6O2. The molecule has 32 heavy (non-hydrogen) atoms. The topological polar surface area (TPSA) is 92.0 Å². The third-order valence-electron chi connectivity index (χ3n) is 7.11. The fourth-order valence-corrected chi connectivity index (χ4v) is 5.48. The average Bonchev–Trinajstić information content (AvgIpc) is 3.42. The van der Waals surface area contributed by atoms with Crippen molar-refractivity contribution >= 4 is 27.8 Å². The minimum atomic E-state index is -0.377. The van der Waals surface area contributed by atoms with Gasteiger partial charge in [0.25, 0.3) is 5.56 Å². The average molecular weight is 433 g/mol. The summed E-state index contributed by atoms with van der Waals surface area (Å²) < 4.78 is 4.30. The van der Waals surface area contributed by atoms with Crippen molar-refractivity contribution in [1.82, 2.24) is 24.1 Å². The van der Waals surface area contributed by atoms with E-state index in [1.807, 2.05) is 17.1 Å². The van der Waals surface area contributed by atoms with Crippen LogP contribution in [0, 0.1) is 0 Å². The second kappa shape index (κ2) is 7.78. The Bertz CT molecular complexity index is 1330. The van der Waals surface area contributed by atoms with Crippen LogP contribution in [0.1, 0.15) is 51.0 Å². The summed E-state index contributed by atoms with van der Waals surface area (Å²) >= 11 is 0. The van der Waals surface area contributed by atoms with Crippen LogP contribution in [-0.4, -0.2) is 48.4 Å². The van der Waals surface area contributed by atoms with E-state index in [1.165, 1.54) is 38.4 Å². The van der Waals surface area contributed by atoms with Gasteiger partial charge in [-0.05, 0) is 43.9 Å². The largest absolute Gasteiger partial charge is 0.391 e. The Morgan fingerprint density at radius 1 is 1.06 bits per heavy atom. The number of aliphatic hydroxyl groups is 1. The number of benzene rings is 1. The van der Waals surface area contributed by atoms with Gasteiger partial charge in [0.05, 0.1) is 35.5 Å². The van der Waals surface area contributed by atoms with Gasteiger partial charge >= 0.3 is 0 Å². The number of hydrogen-bond acceptors (Lipinski definition) is 5. The van der Waals surface area contributed by atoms with Crippen molar-refractivity contribution in [3.8, 4) is 5.69 Å². The van der Waals surface area contributed by atoms with E-state index in [1.54, 1.807) is 0 Å². The van der Waals surface area contributed by atoms with Gasteiger partial charge in [0.15, 0.2) is 5.65 Å². The lowest BCUT2D eigenvalue weighted by Gasteiger charge is -2.31. The number of aromatic nitrogens is 5. The lowest BCUT2D eigenvalue weighted by molar-refractivity contribution is 0.154. The molecule has 0 radical (unpaired) electrons. The summed E-state index contributed by atoms with van der Waals surface area (Å²) in [5.74, 6) is 0. The normalized spacial score (nSPS) is 20.4. The summed E-state index contributed by atoms with van der Waals surface area (Å²) in [5, 5.41) is 10.7. The number of imidazole rings is 1. The van der Waals surface area contributed by atoms with Crippen LogP contribution in [0.15, 0.2) is 41.8 Å². The number of nitrogens with zero attached hydrogens (tertiary/aromatic N) is 5. The molecule has 6 rings (SSSR count). The summed E-state index contributed by atoms with van der Waals surface area (Å²) in [4.78, 5) is 26.8. The smallest absolute Gasteiger partial charge is 0.262 e. The van der Waals surface area contributed by atoms with E-state index >= 15 is 0 Å². The molecule has 1 aliphatic heterocycles. The van der Waals surface area contributed by atoms with E-state index in [9.17, 15) is 9.90 Å². The Morgan fingerprint density at radius 3 is 2.78 bits per heavy atom. The predicted octanol–water partition coefficient (Wildman–Crippen LogP) is 3.53. The molecule has 4 aromatic rings. The van der Waals surface area contributed by atoms with Gasteiger partial charge in [-0.3, -0.25) is 9.36 Å². The summed E-state index contributed by atoms with van der Waals surface area (Å²) in [5.41, 5.74) is 4.32. The number of aromatic amines is 1. The molecule has 2 fully saturated rings. The molecule has 0 amide bonds. The maximum absolute atomic E-state index is 12.7. The first-order valence-corrected chi connectivity index (χ1v) is 11.7. The van der Waals surface area contributed by atoms with Crippen LogP contribution in [0.5, 0.6) is 0 Å². The third-order valence-corrected chi connectivity index (χ3v) is 7.11. The van der Waals surface area contributed by atoms with Crippen LogP contribution in [0.2, 0.25) is 0 Å². The number of piperidine rings is 1. The van der Waals surface area contributed by atoms with Crippen LogP contribution >= 0.6 is 0 Å². The van der Waals surface area contributed by atoms with E-state index in [2.05, 4.69) is 37.6 Å². The summed E-state index contributed by atoms with van der Waals surface area (Å²) in [6, 6.07) is 6.83. The number of H-pyrrole nitrogens is 1. The van der Waals surface area contributed by atoms with Gasteiger partial charge in [-0.15, -0.1) is 0 Å². The van der Waals surface area contributed by atoms with Crippen molar-refractivity contribution in [1.29, 1.82) is 0 Å². The lowest BCUT2D eigenvalue weighted by atomic mass is 9.95. The molecule has 0 spiro atoms. The number of nitrogens with one attached hydrogen (secondary N) is 1. The summed E-state index contributed by atoms with van der Waals surface area (Å²) in [7, 11) is 0. The highest BCUT2D eigenvalue weighted by Gasteiger charge is 2.24. The lowest BCUT2D eigenvalue weighted by Crippen LogP contribution is -2.38. The van der Waals surface area contributed by atoms with Gasteiger partial charge < -0.3 is 19.6 Å². The fraction of sp³-hybridized carbons (Fsp3) is 0.458. The van der Waals surface area contributed by atoms with Crippen molar-refractivity contribution in [3.63, 3.8) is 0 Å². The van der Waals surface area contributed by atoms with E-state index in [0.717, 1.165) is 41.8 Å². The monoisotopic (exact) mass is 432 g/mol. The molecule has 3 aromatic heterocycles. The molecule has 1 saturated heterocycles. The van der Waals surface area contributed by atoms with Crippen LogP contribution in [0.4, 0.5) is 5.69 Å². The van der Waals surface area contributed by atoms with E-state index in [0.29, 0.717) is 23.6 Å². The summed E-state index contributed by atoms with van der Waals surface area (Å²) in [6.45, 7) is 1.34. The minimum Gasteiger partial charge on any atom is -0.391 e. The SMILES string of the molecule is O=c1[nH]cnc2c1c(N1CCCC(O)C1)cn2-c1ccc2c(c1)ncn2C1CCCCC1. The second-order valence-electron chi connectivity index (χ2n) is 9.17. The Balaban J connectivity index is 1.45. The van der Waals surface area contributed by atoms with Gasteiger partial charge in [0.2, 0.25) is 0 Å². The van der Waals surface area contributed by atoms with E-state index < -0.39 is 0 Å². The Kier molecular flexibility index (Phi) is 4.75. The first-order valence-electron chi connectivity index (χ1n) is 11.7. The Morgan fingerprint density at radius 2 is 1.94 bits per heavy atom. The highest BCUT2D eigenvalue weighted by molar-refractivity contribution is 5.92. The number of aliphatic hydroxyl groups excluding tert-OH is 1. The Hall–Kier alpha value is -3.13. The number of rotatable bonds is 3. The van der Waals surface area contributed by atoms with Crippen molar-refractivity contribution in [3.05, 3.63) is 47.4 Å². The number of hydrogen-bond donors (Lipinski definition) is 2. The first kappa shape index (κ1) is 19.5. The maximum Gasteiger partial charge on any atom is 0.262 e. The molecule has 8 heteroatoms.